The van der Waals surface area contributed by atoms with Crippen LogP contribution in [0.5, 0.6) is 0 Å². The summed E-state index contributed by atoms with van der Waals surface area (Å²) in [6.45, 7) is 7.78. The van der Waals surface area contributed by atoms with Crippen molar-refractivity contribution in [2.45, 2.75) is 84.7 Å². The average molecular weight is 711 g/mol. The smallest absolute Gasteiger partial charge is 0.414 e. The van der Waals surface area contributed by atoms with Crippen LogP contribution in [0.3, 0.4) is 0 Å². The van der Waals surface area contributed by atoms with Gasteiger partial charge in [0.1, 0.15) is 25.3 Å². The summed E-state index contributed by atoms with van der Waals surface area (Å²) >= 11 is 0. The number of hydrogen-bond donors (Lipinski definition) is 7. The standard InChI is InChI=1S/C35H51N9O7/c1-5-24(4)29(42-30(45)28(19-23(2)3)41-34(48)50-21-25-13-8-6-9-14-25)31(46)40-27(20-39-44-33(37)47)17-12-18-38-32(36)43-35(49)51-22-26-15-10-7-11-16-26/h6-11,13-16,20,23-24,27-29H,5,12,17-19,21-22H2,1-4H3,(H,40,46)(H,41,48)(H,42,45)(H3,37,44,47)(H3,36,38,43,49)/b39-20+/t24-,27-,28-,29-/m0/s1/i20+1. The highest BCUT2D eigenvalue weighted by atomic mass is 16.6. The van der Waals surface area contributed by atoms with Gasteiger partial charge in [0, 0.05) is 12.8 Å². The molecular weight excluding hydrogens is 659 g/mol. The van der Waals surface area contributed by atoms with Crippen LogP contribution in [0, 0.1) is 11.8 Å². The maximum atomic E-state index is 13.6. The van der Waals surface area contributed by atoms with Crippen molar-refractivity contribution < 1.29 is 33.4 Å². The molecule has 0 aromatic heterocycles. The number of amides is 6. The number of alkyl carbamates (subject to hydrolysis) is 2. The molecule has 4 atom stereocenters. The van der Waals surface area contributed by atoms with Gasteiger partial charge in [-0.25, -0.2) is 19.8 Å². The van der Waals surface area contributed by atoms with Crippen molar-refractivity contribution in [3.8, 4) is 0 Å². The predicted molar refractivity (Wildman–Crippen MR) is 193 cm³/mol. The number of carbonyl (C=O) groups is 5. The number of urea groups is 1. The summed E-state index contributed by atoms with van der Waals surface area (Å²) < 4.78 is 10.5. The molecule has 0 fully saturated rings. The number of hydrazone groups is 1. The van der Waals surface area contributed by atoms with E-state index in [1.807, 2.05) is 88.4 Å². The molecule has 2 aromatic rings. The number of aliphatic imine (C=N–C) groups is 1. The number of benzene rings is 2. The van der Waals surface area contributed by atoms with E-state index >= 15 is 0 Å². The Morgan fingerprint density at radius 1 is 0.804 bits per heavy atom. The molecule has 51 heavy (non-hydrogen) atoms. The highest BCUT2D eigenvalue weighted by Gasteiger charge is 2.31. The van der Waals surface area contributed by atoms with Crippen LogP contribution in [0.15, 0.2) is 70.8 Å². The lowest BCUT2D eigenvalue weighted by Crippen LogP contribution is -2.57. The van der Waals surface area contributed by atoms with E-state index in [2.05, 4.69) is 36.8 Å². The van der Waals surface area contributed by atoms with Crippen LogP contribution < -0.4 is 38.2 Å². The summed E-state index contributed by atoms with van der Waals surface area (Å²) in [5.41, 5.74) is 14.6. The fourth-order valence-electron chi connectivity index (χ4n) is 4.63. The maximum Gasteiger partial charge on any atom is 0.414 e. The quantitative estimate of drug-likeness (QED) is 0.0375. The molecule has 0 radical (unpaired) electrons. The zero-order chi connectivity index (χ0) is 37.6. The topological polar surface area (TPSA) is 241 Å². The van der Waals surface area contributed by atoms with E-state index in [0.717, 1.165) is 11.1 Å². The molecular formula is C35H51N9O7. The molecule has 0 unspecified atom stereocenters. The summed E-state index contributed by atoms with van der Waals surface area (Å²) in [7, 11) is 0. The molecule has 0 spiro atoms. The minimum atomic E-state index is -0.973. The first kappa shape index (κ1) is 41.5. The van der Waals surface area contributed by atoms with Gasteiger partial charge in [0.25, 0.3) is 0 Å². The van der Waals surface area contributed by atoms with Gasteiger partial charge in [-0.05, 0) is 42.2 Å². The number of carbonyl (C=O) groups excluding carboxylic acids is 5. The molecule has 0 aliphatic rings. The molecule has 0 heterocycles. The van der Waals surface area contributed by atoms with E-state index in [-0.39, 0.29) is 44.0 Å². The molecule has 0 aliphatic carbocycles. The van der Waals surface area contributed by atoms with Crippen molar-refractivity contribution in [3.05, 3.63) is 71.8 Å². The number of guanidine groups is 1. The van der Waals surface area contributed by atoms with Crippen molar-refractivity contribution in [1.82, 2.24) is 26.7 Å². The van der Waals surface area contributed by atoms with E-state index in [1.54, 1.807) is 0 Å². The third kappa shape index (κ3) is 17.5. The minimum absolute atomic E-state index is 0.0316. The number of nitrogens with two attached hydrogens (primary N) is 2. The molecule has 6 amide bonds. The zero-order valence-corrected chi connectivity index (χ0v) is 29.6. The number of hydrogen-bond acceptors (Lipinski definition) is 9. The van der Waals surface area contributed by atoms with Gasteiger partial charge in [-0.3, -0.25) is 19.9 Å². The molecule has 16 heteroatoms. The largest absolute Gasteiger partial charge is 0.445 e. The second-order valence-electron chi connectivity index (χ2n) is 12.2. The Labute approximate surface area is 298 Å². The zero-order valence-electron chi connectivity index (χ0n) is 29.6. The van der Waals surface area contributed by atoms with E-state index in [4.69, 9.17) is 20.9 Å². The lowest BCUT2D eigenvalue weighted by molar-refractivity contribution is -0.131. The van der Waals surface area contributed by atoms with Crippen LogP contribution in [-0.4, -0.2) is 66.9 Å². The molecule has 0 saturated heterocycles. The van der Waals surface area contributed by atoms with Crippen LogP contribution in [0.25, 0.3) is 0 Å². The number of ether oxygens (including phenoxy) is 2. The van der Waals surface area contributed by atoms with Crippen molar-refractivity contribution in [1.29, 1.82) is 0 Å². The number of primary amides is 1. The van der Waals surface area contributed by atoms with Crippen LogP contribution in [-0.2, 0) is 32.3 Å². The molecule has 278 valence electrons. The van der Waals surface area contributed by atoms with E-state index in [1.165, 1.54) is 6.21 Å². The molecule has 0 bridgehead atoms. The Kier molecular flexibility index (Phi) is 18.6. The summed E-state index contributed by atoms with van der Waals surface area (Å²) in [6, 6.07) is 14.7. The molecule has 0 aliphatic heterocycles. The third-order valence-corrected chi connectivity index (χ3v) is 7.48. The average Bonchev–Trinajstić information content (AvgIpc) is 3.10. The van der Waals surface area contributed by atoms with Gasteiger partial charge in [0.05, 0.1) is 6.04 Å². The number of rotatable bonds is 19. The fraction of sp³-hybridized carbons (Fsp3) is 0.457. The van der Waals surface area contributed by atoms with Crippen molar-refractivity contribution in [3.63, 3.8) is 0 Å². The Morgan fingerprint density at radius 3 is 1.94 bits per heavy atom. The minimum Gasteiger partial charge on any atom is -0.445 e. The first-order valence-electron chi connectivity index (χ1n) is 16.8. The third-order valence-electron chi connectivity index (χ3n) is 7.48. The van der Waals surface area contributed by atoms with Crippen molar-refractivity contribution >= 4 is 42.2 Å². The Balaban J connectivity index is 2.02. The van der Waals surface area contributed by atoms with E-state index < -0.39 is 48.2 Å². The van der Waals surface area contributed by atoms with Crippen molar-refractivity contribution in [2.24, 2.45) is 33.4 Å². The Hall–Kier alpha value is -5.67. The van der Waals surface area contributed by atoms with E-state index in [0.29, 0.717) is 19.3 Å². The number of nitrogens with zero attached hydrogens (tertiary/aromatic N) is 2. The fourth-order valence-corrected chi connectivity index (χ4v) is 4.63. The molecule has 2 rings (SSSR count). The SMILES string of the molecule is CC[C@H](C)[C@H](NC(=O)[C@H](CC(C)C)NC(=O)OCc1ccccc1)C(=O)N[C@@H](CCCN=C(N)NC(=O)OCc1ccccc1)/[13CH]=N/NC(N)=O. The van der Waals surface area contributed by atoms with Gasteiger partial charge in [-0.15, -0.1) is 0 Å². The Bertz CT molecular complexity index is 1460. The summed E-state index contributed by atoms with van der Waals surface area (Å²) in [6.07, 6.45) is 1.30. The van der Waals surface area contributed by atoms with Gasteiger partial charge in [0.15, 0.2) is 5.96 Å². The molecule has 16 nitrogen and oxygen atoms in total. The van der Waals surface area contributed by atoms with Gasteiger partial charge in [-0.1, -0.05) is 94.8 Å². The van der Waals surface area contributed by atoms with Crippen LogP contribution in [0.4, 0.5) is 14.4 Å². The summed E-state index contributed by atoms with van der Waals surface area (Å²) in [4.78, 5) is 67.1. The normalized spacial score (nSPS) is 13.7. The van der Waals surface area contributed by atoms with Gasteiger partial charge in [0.2, 0.25) is 11.8 Å². The first-order chi connectivity index (χ1) is 24.4. The maximum absolute atomic E-state index is 13.6. The second kappa shape index (κ2) is 22.9. The second-order valence-corrected chi connectivity index (χ2v) is 12.2. The van der Waals surface area contributed by atoms with Gasteiger partial charge in [-0.2, -0.15) is 5.10 Å². The lowest BCUT2D eigenvalue weighted by Gasteiger charge is -2.28. The Morgan fingerprint density at radius 2 is 1.39 bits per heavy atom. The van der Waals surface area contributed by atoms with Gasteiger partial charge >= 0.3 is 18.2 Å². The summed E-state index contributed by atoms with van der Waals surface area (Å²) in [5.74, 6) is -1.45. The summed E-state index contributed by atoms with van der Waals surface area (Å²) in [5, 5.41) is 14.4. The number of nitrogens with one attached hydrogen (secondary N) is 5. The van der Waals surface area contributed by atoms with Crippen molar-refractivity contribution in [2.75, 3.05) is 6.54 Å². The van der Waals surface area contributed by atoms with E-state index in [9.17, 15) is 24.0 Å². The highest BCUT2D eigenvalue weighted by Crippen LogP contribution is 2.12. The molecule has 2 aromatic carbocycles. The van der Waals surface area contributed by atoms with Crippen LogP contribution in [0.1, 0.15) is 64.5 Å². The first-order valence-corrected chi connectivity index (χ1v) is 16.8. The monoisotopic (exact) mass is 710 g/mol. The highest BCUT2D eigenvalue weighted by molar-refractivity contribution is 5.93. The lowest BCUT2D eigenvalue weighted by atomic mass is 9.96. The molecule has 9 N–H and O–H groups in total. The van der Waals surface area contributed by atoms with Crippen LogP contribution in [0.2, 0.25) is 0 Å². The predicted octanol–water partition coefficient (Wildman–Crippen LogP) is 3.02. The van der Waals surface area contributed by atoms with Crippen LogP contribution >= 0.6 is 0 Å². The molecule has 0 saturated carbocycles. The van der Waals surface area contributed by atoms with Gasteiger partial charge < -0.3 is 36.9 Å².